The molecular formula is C26H21ClO5. The number of hydrogen-bond acceptors (Lipinski definition) is 5. The standard InChI is InChI=1S/C26H21ClO5/c1-2-31-25(29)23-22(19-10-6-7-11-20(19)32-26(23)30)21(16-8-4-3-5-9-16)24(28)17-12-14-18(27)15-13-17/h3-15,21-23H,2H2,1H3/t21-,22+,23+/m1/s1. The number of para-hydroxylation sites is 1. The minimum atomic E-state index is -1.27. The summed E-state index contributed by atoms with van der Waals surface area (Å²) >= 11 is 6.01. The third-order valence-corrected chi connectivity index (χ3v) is 5.82. The summed E-state index contributed by atoms with van der Waals surface area (Å²) in [5.41, 5.74) is 1.74. The molecule has 0 unspecified atom stereocenters. The van der Waals surface area contributed by atoms with E-state index in [1.165, 1.54) is 0 Å². The summed E-state index contributed by atoms with van der Waals surface area (Å²) in [6.07, 6.45) is 0. The van der Waals surface area contributed by atoms with E-state index in [2.05, 4.69) is 0 Å². The average molecular weight is 449 g/mol. The number of carbonyl (C=O) groups excluding carboxylic acids is 3. The van der Waals surface area contributed by atoms with Crippen molar-refractivity contribution >= 4 is 29.3 Å². The highest BCUT2D eigenvalue weighted by Gasteiger charge is 2.49. The molecule has 0 radical (unpaired) electrons. The maximum atomic E-state index is 13.9. The average Bonchev–Trinajstić information content (AvgIpc) is 2.80. The Balaban J connectivity index is 1.92. The van der Waals surface area contributed by atoms with Crippen molar-refractivity contribution in [3.8, 4) is 5.75 Å². The van der Waals surface area contributed by atoms with Crippen molar-refractivity contribution in [2.45, 2.75) is 18.8 Å². The molecule has 0 spiro atoms. The van der Waals surface area contributed by atoms with E-state index in [4.69, 9.17) is 21.1 Å². The van der Waals surface area contributed by atoms with Gasteiger partial charge >= 0.3 is 11.9 Å². The molecule has 0 fully saturated rings. The van der Waals surface area contributed by atoms with Gasteiger partial charge in [0.05, 0.1) is 12.5 Å². The molecule has 4 rings (SSSR count). The largest absolute Gasteiger partial charge is 0.465 e. The number of Topliss-reactive ketones (excluding diaryl/α,β-unsaturated/α-hetero) is 1. The Bertz CT molecular complexity index is 1140. The highest BCUT2D eigenvalue weighted by atomic mass is 35.5. The fraction of sp³-hybridized carbons (Fsp3) is 0.192. The zero-order valence-electron chi connectivity index (χ0n) is 17.4. The monoisotopic (exact) mass is 448 g/mol. The summed E-state index contributed by atoms with van der Waals surface area (Å²) in [6, 6.07) is 22.7. The maximum Gasteiger partial charge on any atom is 0.326 e. The van der Waals surface area contributed by atoms with Crippen LogP contribution in [0, 0.1) is 5.92 Å². The first-order valence-electron chi connectivity index (χ1n) is 10.3. The lowest BCUT2D eigenvalue weighted by atomic mass is 9.69. The molecule has 1 heterocycles. The number of hydrogen-bond donors (Lipinski definition) is 0. The van der Waals surface area contributed by atoms with Gasteiger partial charge in [-0.1, -0.05) is 60.1 Å². The van der Waals surface area contributed by atoms with Gasteiger partial charge < -0.3 is 9.47 Å². The van der Waals surface area contributed by atoms with E-state index in [0.29, 0.717) is 27.5 Å². The van der Waals surface area contributed by atoms with Crippen molar-refractivity contribution in [1.29, 1.82) is 0 Å². The number of benzene rings is 3. The first-order valence-corrected chi connectivity index (χ1v) is 10.7. The minimum Gasteiger partial charge on any atom is -0.465 e. The van der Waals surface area contributed by atoms with Crippen molar-refractivity contribution in [3.63, 3.8) is 0 Å². The van der Waals surface area contributed by atoms with Crippen molar-refractivity contribution in [2.75, 3.05) is 6.61 Å². The zero-order valence-corrected chi connectivity index (χ0v) is 18.1. The molecule has 0 bridgehead atoms. The van der Waals surface area contributed by atoms with Crippen LogP contribution in [-0.2, 0) is 14.3 Å². The molecule has 0 N–H and O–H groups in total. The molecule has 0 saturated carbocycles. The summed E-state index contributed by atoms with van der Waals surface area (Å²) in [5, 5.41) is 0.508. The molecule has 3 atom stereocenters. The Labute approximate surface area is 190 Å². The smallest absolute Gasteiger partial charge is 0.326 e. The van der Waals surface area contributed by atoms with Crippen molar-refractivity contribution < 1.29 is 23.9 Å². The van der Waals surface area contributed by atoms with E-state index in [1.807, 2.05) is 30.3 Å². The number of fused-ring (bicyclic) bond motifs is 1. The molecule has 32 heavy (non-hydrogen) atoms. The van der Waals surface area contributed by atoms with Crippen LogP contribution in [0.1, 0.15) is 40.2 Å². The van der Waals surface area contributed by atoms with E-state index in [1.54, 1.807) is 55.5 Å². The van der Waals surface area contributed by atoms with E-state index in [9.17, 15) is 14.4 Å². The normalized spacial score (nSPS) is 18.2. The molecule has 6 heteroatoms. The predicted octanol–water partition coefficient (Wildman–Crippen LogP) is 5.19. The Morgan fingerprint density at radius 1 is 0.969 bits per heavy atom. The third-order valence-electron chi connectivity index (χ3n) is 5.57. The van der Waals surface area contributed by atoms with Crippen molar-refractivity contribution in [1.82, 2.24) is 0 Å². The number of ketones is 1. The van der Waals surface area contributed by atoms with Crippen LogP contribution in [0.3, 0.4) is 0 Å². The van der Waals surface area contributed by atoms with Gasteiger partial charge in [0.1, 0.15) is 5.75 Å². The summed E-state index contributed by atoms with van der Waals surface area (Å²) in [4.78, 5) is 39.7. The van der Waals surface area contributed by atoms with Gasteiger partial charge in [-0.2, -0.15) is 0 Å². The Morgan fingerprint density at radius 3 is 2.31 bits per heavy atom. The number of esters is 2. The lowest BCUT2D eigenvalue weighted by Gasteiger charge is -2.35. The van der Waals surface area contributed by atoms with Crippen molar-refractivity contribution in [2.24, 2.45) is 5.92 Å². The SMILES string of the molecule is CCOC(=O)[C@H]1C(=O)Oc2ccccc2[C@H]1[C@H](C(=O)c1ccc(Cl)cc1)c1ccccc1. The second kappa shape index (κ2) is 9.37. The number of rotatable bonds is 6. The molecular weight excluding hydrogens is 428 g/mol. The van der Waals surface area contributed by atoms with E-state index in [-0.39, 0.29) is 12.4 Å². The van der Waals surface area contributed by atoms with Crippen LogP contribution in [-0.4, -0.2) is 24.3 Å². The summed E-state index contributed by atoms with van der Waals surface area (Å²) in [5.74, 6) is -4.20. The van der Waals surface area contributed by atoms with Gasteiger partial charge in [-0.15, -0.1) is 0 Å². The van der Waals surface area contributed by atoms with Gasteiger partial charge in [0.15, 0.2) is 11.7 Å². The van der Waals surface area contributed by atoms with Crippen LogP contribution >= 0.6 is 11.6 Å². The number of carbonyl (C=O) groups is 3. The Kier molecular flexibility index (Phi) is 6.37. The van der Waals surface area contributed by atoms with Crippen LogP contribution < -0.4 is 4.74 Å². The van der Waals surface area contributed by atoms with Crippen LogP contribution in [0.4, 0.5) is 0 Å². The second-order valence-electron chi connectivity index (χ2n) is 7.47. The van der Waals surface area contributed by atoms with Crippen LogP contribution in [0.2, 0.25) is 5.02 Å². The van der Waals surface area contributed by atoms with Gasteiger partial charge in [0.25, 0.3) is 0 Å². The molecule has 5 nitrogen and oxygen atoms in total. The predicted molar refractivity (Wildman–Crippen MR) is 120 cm³/mol. The molecule has 3 aromatic rings. The number of ether oxygens (including phenoxy) is 2. The first kappa shape index (κ1) is 21.8. The molecule has 162 valence electrons. The quantitative estimate of drug-likeness (QED) is 0.225. The van der Waals surface area contributed by atoms with Crippen LogP contribution in [0.25, 0.3) is 0 Å². The van der Waals surface area contributed by atoms with Gasteiger partial charge in [0, 0.05) is 22.1 Å². The molecule has 1 aliphatic rings. The lowest BCUT2D eigenvalue weighted by Crippen LogP contribution is -2.42. The zero-order chi connectivity index (χ0) is 22.7. The topological polar surface area (TPSA) is 69.7 Å². The summed E-state index contributed by atoms with van der Waals surface area (Å²) in [6.45, 7) is 1.78. The fourth-order valence-corrected chi connectivity index (χ4v) is 4.30. The van der Waals surface area contributed by atoms with Gasteiger partial charge in [-0.3, -0.25) is 14.4 Å². The van der Waals surface area contributed by atoms with Crippen LogP contribution in [0.15, 0.2) is 78.9 Å². The lowest BCUT2D eigenvalue weighted by molar-refractivity contribution is -0.159. The molecule has 0 amide bonds. The van der Waals surface area contributed by atoms with E-state index >= 15 is 0 Å². The highest BCUT2D eigenvalue weighted by molar-refractivity contribution is 6.30. The maximum absolute atomic E-state index is 13.9. The second-order valence-corrected chi connectivity index (χ2v) is 7.91. The molecule has 1 aliphatic heterocycles. The van der Waals surface area contributed by atoms with Crippen molar-refractivity contribution in [3.05, 3.63) is 101 Å². The molecule has 0 aromatic heterocycles. The highest BCUT2D eigenvalue weighted by Crippen LogP contribution is 2.47. The van der Waals surface area contributed by atoms with E-state index < -0.39 is 29.7 Å². The summed E-state index contributed by atoms with van der Waals surface area (Å²) in [7, 11) is 0. The number of halogens is 1. The van der Waals surface area contributed by atoms with Gasteiger partial charge in [-0.25, -0.2) is 0 Å². The van der Waals surface area contributed by atoms with Gasteiger partial charge in [-0.05, 0) is 42.8 Å². The molecule has 0 aliphatic carbocycles. The third kappa shape index (κ3) is 4.16. The van der Waals surface area contributed by atoms with E-state index in [0.717, 1.165) is 0 Å². The molecule has 0 saturated heterocycles. The van der Waals surface area contributed by atoms with Crippen LogP contribution in [0.5, 0.6) is 5.75 Å². The summed E-state index contributed by atoms with van der Waals surface area (Å²) < 4.78 is 10.7. The fourth-order valence-electron chi connectivity index (χ4n) is 4.17. The van der Waals surface area contributed by atoms with Gasteiger partial charge in [0.2, 0.25) is 0 Å². The minimum absolute atomic E-state index is 0.109. The molecule has 3 aromatic carbocycles. The first-order chi connectivity index (χ1) is 15.5. The Morgan fingerprint density at radius 2 is 1.62 bits per heavy atom. The Hall–Kier alpha value is -3.44.